The first kappa shape index (κ1) is 19.3. The molecule has 24 heavy (non-hydrogen) atoms. The van der Waals surface area contributed by atoms with E-state index in [4.69, 9.17) is 10.00 Å². The number of hydrogen-bond donors (Lipinski definition) is 1. The molecule has 1 N–H and O–H groups in total. The van der Waals surface area contributed by atoms with Crippen molar-refractivity contribution >= 4 is 5.69 Å². The molecule has 0 radical (unpaired) electrons. The third-order valence-electron chi connectivity index (χ3n) is 2.95. The highest BCUT2D eigenvalue weighted by Gasteiger charge is 2.34. The zero-order valence-electron chi connectivity index (χ0n) is 13.6. The Morgan fingerprint density at radius 3 is 2.33 bits per heavy atom. The Morgan fingerprint density at radius 2 is 1.83 bits per heavy atom. The summed E-state index contributed by atoms with van der Waals surface area (Å²) in [5.41, 5.74) is -0.613. The minimum absolute atomic E-state index is 0.196. The summed E-state index contributed by atoms with van der Waals surface area (Å²) >= 11 is 0. The largest absolute Gasteiger partial charge is 0.497 e. The topological polar surface area (TPSA) is 57.9 Å². The molecule has 1 heterocycles. The molecule has 0 bridgehead atoms. The molecule has 1 aromatic carbocycles. The van der Waals surface area contributed by atoms with E-state index in [1.807, 2.05) is 13.8 Å². The van der Waals surface area contributed by atoms with Crippen molar-refractivity contribution < 1.29 is 17.9 Å². The number of benzene rings is 1. The number of rotatable bonds is 4. The van der Waals surface area contributed by atoms with Crippen LogP contribution in [-0.2, 0) is 12.7 Å². The zero-order valence-corrected chi connectivity index (χ0v) is 13.6. The first-order valence-corrected chi connectivity index (χ1v) is 7.28. The van der Waals surface area contributed by atoms with Crippen LogP contribution in [0.25, 0.3) is 0 Å². The maximum Gasteiger partial charge on any atom is 0.419 e. The summed E-state index contributed by atoms with van der Waals surface area (Å²) < 4.78 is 43.5. The van der Waals surface area contributed by atoms with Gasteiger partial charge in [0.2, 0.25) is 0 Å². The molecule has 7 heteroatoms. The third-order valence-corrected chi connectivity index (χ3v) is 2.95. The van der Waals surface area contributed by atoms with Crippen LogP contribution in [0.1, 0.15) is 30.7 Å². The number of nitrogens with one attached hydrogen (secondary N) is 1. The van der Waals surface area contributed by atoms with E-state index in [1.165, 1.54) is 12.3 Å². The molecule has 0 aliphatic rings. The number of halogens is 3. The monoisotopic (exact) mass is 337 g/mol. The summed E-state index contributed by atoms with van der Waals surface area (Å²) in [6.07, 6.45) is -3.41. The second-order valence-corrected chi connectivity index (χ2v) is 4.43. The zero-order chi connectivity index (χ0) is 18.2. The molecule has 0 saturated heterocycles. The number of nitriles is 1. The van der Waals surface area contributed by atoms with Crippen LogP contribution in [0.2, 0.25) is 0 Å². The molecule has 0 spiro atoms. The van der Waals surface area contributed by atoms with E-state index in [-0.39, 0.29) is 5.69 Å². The molecule has 0 amide bonds. The van der Waals surface area contributed by atoms with Crippen molar-refractivity contribution in [2.45, 2.75) is 26.6 Å². The first-order chi connectivity index (χ1) is 11.4. The predicted octanol–water partition coefficient (Wildman–Crippen LogP) is 4.62. The van der Waals surface area contributed by atoms with Crippen molar-refractivity contribution in [1.82, 2.24) is 4.98 Å². The number of ether oxygens (including phenoxy) is 1. The van der Waals surface area contributed by atoms with Crippen LogP contribution in [-0.4, -0.2) is 12.1 Å². The standard InChI is InChI=1S/C15H12F3N3O.C2H6/c1-22-12-4-2-10(3-5-12)8-20-11-6-13(15(16,17)18)14(7-19)21-9-11;1-2/h2-6,9,20H,8H2,1H3;1-2H3. The quantitative estimate of drug-likeness (QED) is 0.884. The minimum atomic E-state index is -4.62. The lowest BCUT2D eigenvalue weighted by Gasteiger charge is -2.11. The number of aromatic nitrogens is 1. The van der Waals surface area contributed by atoms with Gasteiger partial charge in [0, 0.05) is 6.54 Å². The minimum Gasteiger partial charge on any atom is -0.497 e. The number of anilines is 1. The third kappa shape index (κ3) is 5.16. The van der Waals surface area contributed by atoms with E-state index in [0.717, 1.165) is 11.6 Å². The van der Waals surface area contributed by atoms with Crippen molar-refractivity contribution in [2.75, 3.05) is 12.4 Å². The van der Waals surface area contributed by atoms with Gasteiger partial charge in [-0.3, -0.25) is 0 Å². The Kier molecular flexibility index (Phi) is 7.05. The summed E-state index contributed by atoms with van der Waals surface area (Å²) in [5.74, 6) is 0.697. The molecular formula is C17H18F3N3O. The fourth-order valence-electron chi connectivity index (χ4n) is 1.81. The SMILES string of the molecule is CC.COc1ccc(CNc2cnc(C#N)c(C(F)(F)F)c2)cc1. The van der Waals surface area contributed by atoms with Gasteiger partial charge in [0.25, 0.3) is 0 Å². The molecule has 2 rings (SSSR count). The maximum absolute atomic E-state index is 12.8. The van der Waals surface area contributed by atoms with Crippen molar-refractivity contribution in [3.8, 4) is 11.8 Å². The van der Waals surface area contributed by atoms with Gasteiger partial charge in [0.15, 0.2) is 5.69 Å². The number of nitrogens with zero attached hydrogens (tertiary/aromatic N) is 2. The van der Waals surface area contributed by atoms with Crippen LogP contribution in [0.15, 0.2) is 36.5 Å². The first-order valence-electron chi connectivity index (χ1n) is 7.28. The molecule has 0 fully saturated rings. The van der Waals surface area contributed by atoms with Gasteiger partial charge in [-0.15, -0.1) is 0 Å². The summed E-state index contributed by atoms with van der Waals surface area (Å²) in [7, 11) is 1.55. The van der Waals surface area contributed by atoms with E-state index < -0.39 is 17.4 Å². The Morgan fingerprint density at radius 1 is 1.21 bits per heavy atom. The molecule has 2 aromatic rings. The van der Waals surface area contributed by atoms with E-state index in [0.29, 0.717) is 12.3 Å². The molecule has 0 saturated carbocycles. The van der Waals surface area contributed by atoms with Gasteiger partial charge in [-0.2, -0.15) is 18.4 Å². The van der Waals surface area contributed by atoms with Gasteiger partial charge in [0.1, 0.15) is 11.8 Å². The van der Waals surface area contributed by atoms with Crippen LogP contribution < -0.4 is 10.1 Å². The lowest BCUT2D eigenvalue weighted by atomic mass is 10.1. The average molecular weight is 337 g/mol. The van der Waals surface area contributed by atoms with Crippen molar-refractivity contribution in [3.05, 3.63) is 53.3 Å². The van der Waals surface area contributed by atoms with Gasteiger partial charge in [-0.1, -0.05) is 26.0 Å². The molecule has 0 unspecified atom stereocenters. The Balaban J connectivity index is 0.00000139. The number of methoxy groups -OCH3 is 1. The molecule has 0 aliphatic heterocycles. The van der Waals surface area contributed by atoms with Crippen LogP contribution in [0.3, 0.4) is 0 Å². The van der Waals surface area contributed by atoms with Gasteiger partial charge in [0.05, 0.1) is 24.6 Å². The number of pyridine rings is 1. The summed E-state index contributed by atoms with van der Waals surface area (Å²) in [5, 5.41) is 11.5. The fourth-order valence-corrected chi connectivity index (χ4v) is 1.81. The molecule has 1 aromatic heterocycles. The maximum atomic E-state index is 12.8. The normalized spacial score (nSPS) is 10.2. The Bertz CT molecular complexity index is 692. The second kappa shape index (κ2) is 8.77. The van der Waals surface area contributed by atoms with Crippen molar-refractivity contribution in [3.63, 3.8) is 0 Å². The lowest BCUT2D eigenvalue weighted by Crippen LogP contribution is -2.10. The van der Waals surface area contributed by atoms with Gasteiger partial charge < -0.3 is 10.1 Å². The highest BCUT2D eigenvalue weighted by molar-refractivity contribution is 5.49. The summed E-state index contributed by atoms with van der Waals surface area (Å²) in [6, 6.07) is 9.44. The second-order valence-electron chi connectivity index (χ2n) is 4.43. The number of hydrogen-bond acceptors (Lipinski definition) is 4. The average Bonchev–Trinajstić information content (AvgIpc) is 2.61. The van der Waals surface area contributed by atoms with Crippen LogP contribution in [0.5, 0.6) is 5.75 Å². The van der Waals surface area contributed by atoms with E-state index >= 15 is 0 Å². The smallest absolute Gasteiger partial charge is 0.419 e. The molecule has 0 atom stereocenters. The highest BCUT2D eigenvalue weighted by Crippen LogP contribution is 2.32. The molecule has 4 nitrogen and oxygen atoms in total. The summed E-state index contributed by atoms with van der Waals surface area (Å²) in [6.45, 7) is 4.33. The predicted molar refractivity (Wildman–Crippen MR) is 85.6 cm³/mol. The highest BCUT2D eigenvalue weighted by atomic mass is 19.4. The fraction of sp³-hybridized carbons (Fsp3) is 0.294. The van der Waals surface area contributed by atoms with Crippen LogP contribution >= 0.6 is 0 Å². The van der Waals surface area contributed by atoms with Crippen LogP contribution in [0, 0.1) is 11.3 Å². The molecule has 0 aliphatic carbocycles. The lowest BCUT2D eigenvalue weighted by molar-refractivity contribution is -0.138. The Labute approximate surface area is 138 Å². The van der Waals surface area contributed by atoms with E-state index in [9.17, 15) is 13.2 Å². The molecule has 128 valence electrons. The van der Waals surface area contributed by atoms with Crippen molar-refractivity contribution in [2.24, 2.45) is 0 Å². The number of alkyl halides is 3. The van der Waals surface area contributed by atoms with Gasteiger partial charge in [-0.05, 0) is 23.8 Å². The van der Waals surface area contributed by atoms with E-state index in [1.54, 1.807) is 31.4 Å². The Hall–Kier alpha value is -2.75. The molecular weight excluding hydrogens is 319 g/mol. The van der Waals surface area contributed by atoms with Crippen LogP contribution in [0.4, 0.5) is 18.9 Å². The van der Waals surface area contributed by atoms with Crippen molar-refractivity contribution in [1.29, 1.82) is 5.26 Å². The summed E-state index contributed by atoms with van der Waals surface area (Å²) in [4.78, 5) is 3.54. The van der Waals surface area contributed by atoms with Gasteiger partial charge >= 0.3 is 6.18 Å². The van der Waals surface area contributed by atoms with Gasteiger partial charge in [-0.25, -0.2) is 4.98 Å². The van der Waals surface area contributed by atoms with E-state index in [2.05, 4.69) is 10.3 Å².